The van der Waals surface area contributed by atoms with Crippen LogP contribution >= 0.6 is 0 Å². The van der Waals surface area contributed by atoms with Crippen LogP contribution < -0.4 is 10.6 Å². The number of amides is 2. The second-order valence-electron chi connectivity index (χ2n) is 14.4. The summed E-state index contributed by atoms with van der Waals surface area (Å²) in [6, 6.07) is 20.8. The minimum Gasteiger partial charge on any atom is -0.404 e. The Kier molecular flexibility index (Phi) is 8.57. The highest BCUT2D eigenvalue weighted by atomic mass is 16.7. The molecule has 0 unspecified atom stereocenters. The van der Waals surface area contributed by atoms with E-state index < -0.39 is 18.8 Å². The van der Waals surface area contributed by atoms with Crippen LogP contribution in [0.4, 0.5) is 0 Å². The molecule has 0 bridgehead atoms. The molecule has 2 aliphatic rings. The van der Waals surface area contributed by atoms with Gasteiger partial charge in [-0.3, -0.25) is 9.59 Å². The van der Waals surface area contributed by atoms with Gasteiger partial charge in [-0.15, -0.1) is 0 Å². The molecule has 45 heavy (non-hydrogen) atoms. The van der Waals surface area contributed by atoms with Crippen molar-refractivity contribution in [3.05, 3.63) is 84.1 Å². The van der Waals surface area contributed by atoms with Gasteiger partial charge in [0.2, 0.25) is 5.91 Å². The first-order valence-electron chi connectivity index (χ1n) is 16.4. The van der Waals surface area contributed by atoms with Crippen molar-refractivity contribution < 1.29 is 18.9 Å². The summed E-state index contributed by atoms with van der Waals surface area (Å²) in [5.74, 6) is -0.311. The van der Waals surface area contributed by atoms with Gasteiger partial charge < -0.3 is 24.9 Å². The quantitative estimate of drug-likeness (QED) is 0.182. The van der Waals surface area contributed by atoms with Gasteiger partial charge in [-0.25, -0.2) is 0 Å². The van der Waals surface area contributed by atoms with Crippen LogP contribution in [0, 0.1) is 17.3 Å². The Labute approximate surface area is 267 Å². The summed E-state index contributed by atoms with van der Waals surface area (Å²) in [5.41, 5.74) is 2.18. The van der Waals surface area contributed by atoms with E-state index in [-0.39, 0.29) is 29.3 Å². The molecule has 2 fully saturated rings. The molecule has 236 valence electrons. The number of benzene rings is 3. The third-order valence-corrected chi connectivity index (χ3v) is 10.5. The first-order valence-corrected chi connectivity index (χ1v) is 16.4. The van der Waals surface area contributed by atoms with Gasteiger partial charge in [0.05, 0.1) is 17.6 Å². The third-order valence-electron chi connectivity index (χ3n) is 10.5. The van der Waals surface area contributed by atoms with Gasteiger partial charge in [-0.2, -0.15) is 0 Å². The van der Waals surface area contributed by atoms with E-state index in [1.165, 1.54) is 0 Å². The average molecular weight is 608 g/mol. The van der Waals surface area contributed by atoms with Gasteiger partial charge in [-0.05, 0) is 78.0 Å². The summed E-state index contributed by atoms with van der Waals surface area (Å²) in [7, 11) is -0.562. The monoisotopic (exact) mass is 607 g/mol. The van der Waals surface area contributed by atoms with Crippen molar-refractivity contribution in [2.24, 2.45) is 17.3 Å². The molecule has 1 aliphatic heterocycles. The van der Waals surface area contributed by atoms with Crippen LogP contribution in [0.2, 0.25) is 0 Å². The molecule has 3 aromatic carbocycles. The maximum atomic E-state index is 14.2. The molecule has 1 saturated carbocycles. The maximum absolute atomic E-state index is 14.2. The molecule has 2 amide bonds. The van der Waals surface area contributed by atoms with E-state index in [2.05, 4.69) is 57.2 Å². The zero-order valence-corrected chi connectivity index (χ0v) is 27.4. The Hall–Kier alpha value is -3.62. The van der Waals surface area contributed by atoms with Crippen molar-refractivity contribution >= 4 is 40.6 Å². The van der Waals surface area contributed by atoms with E-state index in [1.807, 2.05) is 72.9 Å². The number of fused-ring (bicyclic) bond motifs is 3. The number of nitrogens with one attached hydrogen (secondary N) is 3. The number of carbonyl (C=O) groups is 2. The largest absolute Gasteiger partial charge is 0.481 e. The minimum atomic E-state index is -0.810. The fourth-order valence-electron chi connectivity index (χ4n) is 7.39. The molecule has 4 aromatic rings. The lowest BCUT2D eigenvalue weighted by Crippen LogP contribution is -2.56. The molecule has 5 atom stereocenters. The number of aromatic nitrogens is 1. The molecule has 0 radical (unpaired) electrons. The number of hydrogen-bond donors (Lipinski definition) is 3. The Bertz CT molecular complexity index is 1700. The number of para-hydroxylation sites is 1. The minimum absolute atomic E-state index is 0.0216. The standard InChI is InChI=1S/C37H46BN3O4/c1-23(2)19-33(38-44-32-17-18-36(4,5)24(3)37(32,6)45-38)41-35(43)31(21-28-22-39-30-14-10-9-13-29(28)30)40-34(42)27-16-15-25-11-7-8-12-26(25)20-27/h7-16,20,22-24,31-33,39H,17-19,21H2,1-6H3,(H,40,42)(H,41,43)/t24-,31-,32+,33-,37-/m0/s1. The first kappa shape index (κ1) is 31.4. The zero-order chi connectivity index (χ0) is 31.9. The number of H-pyrrole nitrogens is 1. The lowest BCUT2D eigenvalue weighted by atomic mass is 9.61. The predicted octanol–water partition coefficient (Wildman–Crippen LogP) is 6.85. The fraction of sp³-hybridized carbons (Fsp3) is 0.459. The summed E-state index contributed by atoms with van der Waals surface area (Å²) in [6.07, 6.45) is 4.93. The van der Waals surface area contributed by atoms with Crippen LogP contribution in [-0.4, -0.2) is 47.6 Å². The predicted molar refractivity (Wildman–Crippen MR) is 181 cm³/mol. The molecule has 1 aliphatic carbocycles. The Morgan fingerprint density at radius 1 is 1.00 bits per heavy atom. The van der Waals surface area contributed by atoms with Crippen LogP contribution in [0.5, 0.6) is 0 Å². The van der Waals surface area contributed by atoms with Crippen molar-refractivity contribution in [3.63, 3.8) is 0 Å². The molecule has 3 N–H and O–H groups in total. The van der Waals surface area contributed by atoms with Crippen molar-refractivity contribution in [2.75, 3.05) is 0 Å². The second kappa shape index (κ2) is 12.3. The smallest absolute Gasteiger partial charge is 0.404 e. The number of rotatable bonds is 9. The normalized spacial score (nSPS) is 24.0. The van der Waals surface area contributed by atoms with Gasteiger partial charge in [0.25, 0.3) is 5.91 Å². The SMILES string of the molecule is CC(C)C[C@H](NC(=O)[C@H](Cc1c[nH]c2ccccc12)NC(=O)c1ccc2ccccc2c1)B1O[C@@H]2CCC(C)(C)[C@H](C)[C@]2(C)O1. The van der Waals surface area contributed by atoms with Crippen LogP contribution in [0.25, 0.3) is 21.7 Å². The molecule has 1 aromatic heterocycles. The lowest BCUT2D eigenvalue weighted by Gasteiger charge is -2.49. The van der Waals surface area contributed by atoms with E-state index in [0.29, 0.717) is 30.2 Å². The fourth-order valence-corrected chi connectivity index (χ4v) is 7.39. The lowest BCUT2D eigenvalue weighted by molar-refractivity contribution is -0.123. The number of carbonyl (C=O) groups excluding carboxylic acids is 2. The van der Waals surface area contributed by atoms with Gasteiger partial charge >= 0.3 is 7.12 Å². The van der Waals surface area contributed by atoms with E-state index in [4.69, 9.17) is 9.31 Å². The van der Waals surface area contributed by atoms with Crippen LogP contribution in [0.3, 0.4) is 0 Å². The summed E-state index contributed by atoms with van der Waals surface area (Å²) in [5, 5.41) is 9.43. The highest BCUT2D eigenvalue weighted by molar-refractivity contribution is 6.48. The molecule has 0 spiro atoms. The van der Waals surface area contributed by atoms with Crippen molar-refractivity contribution in [3.8, 4) is 0 Å². The summed E-state index contributed by atoms with van der Waals surface area (Å²) in [4.78, 5) is 31.2. The number of hydrogen-bond acceptors (Lipinski definition) is 4. The first-order chi connectivity index (χ1) is 21.4. The maximum Gasteiger partial charge on any atom is 0.481 e. The van der Waals surface area contributed by atoms with Crippen LogP contribution in [0.1, 0.15) is 76.7 Å². The van der Waals surface area contributed by atoms with Gasteiger partial charge in [0.15, 0.2) is 0 Å². The molecular formula is C37H46BN3O4. The molecule has 8 heteroatoms. The van der Waals surface area contributed by atoms with E-state index in [1.54, 1.807) is 0 Å². The molecule has 7 nitrogen and oxygen atoms in total. The van der Waals surface area contributed by atoms with Crippen LogP contribution in [0.15, 0.2) is 72.9 Å². The Morgan fingerprint density at radius 2 is 1.73 bits per heavy atom. The second-order valence-corrected chi connectivity index (χ2v) is 14.4. The topological polar surface area (TPSA) is 92.5 Å². The van der Waals surface area contributed by atoms with E-state index >= 15 is 0 Å². The van der Waals surface area contributed by atoms with E-state index in [0.717, 1.165) is 40.1 Å². The molecule has 2 heterocycles. The number of aromatic amines is 1. The summed E-state index contributed by atoms with van der Waals surface area (Å²) in [6.45, 7) is 13.3. The van der Waals surface area contributed by atoms with Crippen molar-refractivity contribution in [2.45, 2.75) is 90.9 Å². The molecule has 1 saturated heterocycles. The Morgan fingerprint density at radius 3 is 2.51 bits per heavy atom. The zero-order valence-electron chi connectivity index (χ0n) is 27.4. The van der Waals surface area contributed by atoms with Gasteiger partial charge in [-0.1, -0.05) is 83.1 Å². The third kappa shape index (κ3) is 6.27. The van der Waals surface area contributed by atoms with Crippen molar-refractivity contribution in [1.82, 2.24) is 15.6 Å². The van der Waals surface area contributed by atoms with Gasteiger partial charge in [0, 0.05) is 29.1 Å². The highest BCUT2D eigenvalue weighted by Crippen LogP contribution is 2.52. The molecule has 6 rings (SSSR count). The van der Waals surface area contributed by atoms with Crippen molar-refractivity contribution in [1.29, 1.82) is 0 Å². The van der Waals surface area contributed by atoms with E-state index in [9.17, 15) is 9.59 Å². The van der Waals surface area contributed by atoms with Gasteiger partial charge in [0.1, 0.15) is 6.04 Å². The van der Waals surface area contributed by atoms with Crippen LogP contribution in [-0.2, 0) is 20.5 Å². The highest BCUT2D eigenvalue weighted by Gasteiger charge is 2.59. The Balaban J connectivity index is 1.26. The summed E-state index contributed by atoms with van der Waals surface area (Å²) < 4.78 is 13.4. The molecular weight excluding hydrogens is 561 g/mol. The summed E-state index contributed by atoms with van der Waals surface area (Å²) >= 11 is 0. The average Bonchev–Trinajstić information content (AvgIpc) is 3.59.